The Balaban J connectivity index is 1.96. The number of amides is 2. The summed E-state index contributed by atoms with van der Waals surface area (Å²) in [6.45, 7) is 1.81. The molecule has 2 amide bonds. The van der Waals surface area contributed by atoms with Gasteiger partial charge in [-0.25, -0.2) is 0 Å². The van der Waals surface area contributed by atoms with Gasteiger partial charge in [-0.05, 0) is 12.1 Å². The maximum absolute atomic E-state index is 12.8. The zero-order valence-electron chi connectivity index (χ0n) is 13.1. The first-order valence-corrected chi connectivity index (χ1v) is 7.41. The highest BCUT2D eigenvalue weighted by molar-refractivity contribution is 6.06. The number of carbonyl (C=O) groups excluding carboxylic acids is 2. The number of hydrogen-bond donors (Lipinski definition) is 1. The summed E-state index contributed by atoms with van der Waals surface area (Å²) in [5.41, 5.74) is 2.56. The number of para-hydroxylation sites is 2. The van der Waals surface area contributed by atoms with Crippen LogP contribution in [-0.4, -0.2) is 18.9 Å². The Morgan fingerprint density at radius 1 is 1.17 bits per heavy atom. The molecule has 3 rings (SSSR count). The minimum atomic E-state index is -0.626. The first-order valence-electron chi connectivity index (χ1n) is 7.41. The van der Waals surface area contributed by atoms with Crippen LogP contribution in [-0.2, 0) is 16.1 Å². The van der Waals surface area contributed by atoms with Crippen LogP contribution in [0.5, 0.6) is 5.75 Å². The number of fused-ring (bicyclic) bond motifs is 1. The Morgan fingerprint density at radius 3 is 2.61 bits per heavy atom. The lowest BCUT2D eigenvalue weighted by molar-refractivity contribution is -0.126. The fraction of sp³-hybridized carbons (Fsp3) is 0.222. The van der Waals surface area contributed by atoms with Gasteiger partial charge in [-0.1, -0.05) is 36.4 Å². The third-order valence-electron chi connectivity index (χ3n) is 3.92. The molecule has 1 aliphatic rings. The van der Waals surface area contributed by atoms with Crippen molar-refractivity contribution in [1.82, 2.24) is 5.32 Å². The van der Waals surface area contributed by atoms with Crippen molar-refractivity contribution in [3.8, 4) is 5.75 Å². The van der Waals surface area contributed by atoms with Crippen molar-refractivity contribution in [3.05, 3.63) is 59.7 Å². The van der Waals surface area contributed by atoms with Crippen molar-refractivity contribution < 1.29 is 14.3 Å². The molecule has 0 unspecified atom stereocenters. The average molecular weight is 310 g/mol. The number of nitrogens with one attached hydrogen (secondary N) is 1. The minimum Gasteiger partial charge on any atom is -0.496 e. The molecular formula is C18H18N2O3. The molecule has 0 saturated heterocycles. The molecule has 0 bridgehead atoms. The predicted octanol–water partition coefficient (Wildman–Crippen LogP) is 2.42. The number of carbonyl (C=O) groups is 2. The lowest BCUT2D eigenvalue weighted by atomic mass is 10.1. The first-order chi connectivity index (χ1) is 11.1. The van der Waals surface area contributed by atoms with Crippen LogP contribution in [0.2, 0.25) is 0 Å². The van der Waals surface area contributed by atoms with Gasteiger partial charge in [-0.15, -0.1) is 0 Å². The van der Waals surface area contributed by atoms with Gasteiger partial charge < -0.3 is 15.0 Å². The van der Waals surface area contributed by atoms with Gasteiger partial charge in [0.2, 0.25) is 5.91 Å². The largest absolute Gasteiger partial charge is 0.496 e. The lowest BCUT2D eigenvalue weighted by Gasteiger charge is -2.19. The van der Waals surface area contributed by atoms with E-state index in [-0.39, 0.29) is 11.8 Å². The summed E-state index contributed by atoms with van der Waals surface area (Å²) in [4.78, 5) is 25.9. The van der Waals surface area contributed by atoms with Crippen LogP contribution in [0.3, 0.4) is 0 Å². The number of methoxy groups -OCH3 is 1. The molecule has 1 heterocycles. The van der Waals surface area contributed by atoms with Crippen molar-refractivity contribution >= 4 is 17.5 Å². The molecule has 23 heavy (non-hydrogen) atoms. The van der Waals surface area contributed by atoms with Gasteiger partial charge in [-0.3, -0.25) is 9.59 Å². The quantitative estimate of drug-likeness (QED) is 0.943. The van der Waals surface area contributed by atoms with E-state index >= 15 is 0 Å². The number of rotatable bonds is 4. The Bertz CT molecular complexity index is 757. The molecule has 118 valence electrons. The van der Waals surface area contributed by atoms with Gasteiger partial charge in [-0.2, -0.15) is 0 Å². The van der Waals surface area contributed by atoms with Crippen LogP contribution in [0.15, 0.2) is 48.5 Å². The number of nitrogens with zero attached hydrogens (tertiary/aromatic N) is 1. The summed E-state index contributed by atoms with van der Waals surface area (Å²) in [5, 5.41) is 2.73. The molecule has 2 aromatic rings. The molecule has 5 heteroatoms. The summed E-state index contributed by atoms with van der Waals surface area (Å²) in [6.07, 6.45) is 0. The molecule has 1 aliphatic heterocycles. The topological polar surface area (TPSA) is 58.6 Å². The molecule has 0 spiro atoms. The van der Waals surface area contributed by atoms with Gasteiger partial charge in [0.05, 0.1) is 13.7 Å². The van der Waals surface area contributed by atoms with Gasteiger partial charge in [0, 0.05) is 23.7 Å². The monoisotopic (exact) mass is 310 g/mol. The van der Waals surface area contributed by atoms with Gasteiger partial charge >= 0.3 is 0 Å². The van der Waals surface area contributed by atoms with E-state index < -0.39 is 6.04 Å². The standard InChI is InChI=1S/C18H18N2O3/c1-12(21)19-17-14-8-4-5-9-15(14)20(18(17)22)11-13-7-3-6-10-16(13)23-2/h3-10,17H,11H2,1-2H3,(H,19,21)/t17-/m1/s1. The number of anilines is 1. The van der Waals surface area contributed by atoms with Crippen LogP contribution in [0.1, 0.15) is 24.1 Å². The van der Waals surface area contributed by atoms with E-state index in [4.69, 9.17) is 4.74 Å². The summed E-state index contributed by atoms with van der Waals surface area (Å²) in [5.74, 6) is 0.380. The highest BCUT2D eigenvalue weighted by Crippen LogP contribution is 2.37. The molecule has 0 radical (unpaired) electrons. The van der Waals surface area contributed by atoms with Crippen LogP contribution < -0.4 is 15.0 Å². The number of benzene rings is 2. The van der Waals surface area contributed by atoms with Crippen molar-refractivity contribution in [2.75, 3.05) is 12.0 Å². The molecule has 2 aromatic carbocycles. The van der Waals surface area contributed by atoms with E-state index in [0.717, 1.165) is 22.6 Å². The number of hydrogen-bond acceptors (Lipinski definition) is 3. The fourth-order valence-electron chi connectivity index (χ4n) is 2.89. The van der Waals surface area contributed by atoms with E-state index in [1.54, 1.807) is 12.0 Å². The lowest BCUT2D eigenvalue weighted by Crippen LogP contribution is -2.36. The van der Waals surface area contributed by atoms with Crippen LogP contribution in [0, 0.1) is 0 Å². The molecule has 1 atom stereocenters. The minimum absolute atomic E-state index is 0.132. The molecule has 0 aromatic heterocycles. The summed E-state index contributed by atoms with van der Waals surface area (Å²) < 4.78 is 5.36. The third kappa shape index (κ3) is 2.77. The van der Waals surface area contributed by atoms with Crippen molar-refractivity contribution in [2.24, 2.45) is 0 Å². The molecular weight excluding hydrogens is 292 g/mol. The number of ether oxygens (including phenoxy) is 1. The maximum atomic E-state index is 12.8. The zero-order chi connectivity index (χ0) is 16.4. The van der Waals surface area contributed by atoms with Crippen LogP contribution >= 0.6 is 0 Å². The Kier molecular flexibility index (Phi) is 4.02. The second kappa shape index (κ2) is 6.12. The first kappa shape index (κ1) is 15.1. The molecule has 0 fully saturated rings. The van der Waals surface area contributed by atoms with Crippen molar-refractivity contribution in [2.45, 2.75) is 19.5 Å². The molecule has 5 nitrogen and oxygen atoms in total. The van der Waals surface area contributed by atoms with E-state index in [0.29, 0.717) is 6.54 Å². The Morgan fingerprint density at radius 2 is 1.87 bits per heavy atom. The third-order valence-corrected chi connectivity index (χ3v) is 3.92. The van der Waals surface area contributed by atoms with Gasteiger partial charge in [0.15, 0.2) is 0 Å². The van der Waals surface area contributed by atoms with Gasteiger partial charge in [0.1, 0.15) is 11.8 Å². The summed E-state index contributed by atoms with van der Waals surface area (Å²) in [7, 11) is 1.61. The van der Waals surface area contributed by atoms with E-state index in [9.17, 15) is 9.59 Å². The van der Waals surface area contributed by atoms with Crippen molar-refractivity contribution in [3.63, 3.8) is 0 Å². The zero-order valence-corrected chi connectivity index (χ0v) is 13.1. The Labute approximate surface area is 134 Å². The molecule has 0 aliphatic carbocycles. The fourth-order valence-corrected chi connectivity index (χ4v) is 2.89. The predicted molar refractivity (Wildman–Crippen MR) is 87.2 cm³/mol. The summed E-state index contributed by atoms with van der Waals surface area (Å²) in [6, 6.07) is 14.5. The summed E-state index contributed by atoms with van der Waals surface area (Å²) >= 11 is 0. The second-order valence-electron chi connectivity index (χ2n) is 5.43. The van der Waals surface area contributed by atoms with E-state index in [2.05, 4.69) is 5.32 Å². The molecule has 0 saturated carbocycles. The molecule has 1 N–H and O–H groups in total. The van der Waals surface area contributed by atoms with E-state index in [1.807, 2.05) is 48.5 Å². The SMILES string of the molecule is COc1ccccc1CN1C(=O)[C@H](NC(C)=O)c2ccccc21. The van der Waals surface area contributed by atoms with Crippen LogP contribution in [0.4, 0.5) is 5.69 Å². The smallest absolute Gasteiger partial charge is 0.254 e. The van der Waals surface area contributed by atoms with E-state index in [1.165, 1.54) is 6.92 Å². The van der Waals surface area contributed by atoms with Crippen LogP contribution in [0.25, 0.3) is 0 Å². The van der Waals surface area contributed by atoms with Crippen molar-refractivity contribution in [1.29, 1.82) is 0 Å². The Hall–Kier alpha value is -2.82. The average Bonchev–Trinajstić information content (AvgIpc) is 2.81. The highest BCUT2D eigenvalue weighted by atomic mass is 16.5. The second-order valence-corrected chi connectivity index (χ2v) is 5.43. The van der Waals surface area contributed by atoms with Gasteiger partial charge in [0.25, 0.3) is 5.91 Å². The maximum Gasteiger partial charge on any atom is 0.254 e. The normalized spacial score (nSPS) is 16.2. The highest BCUT2D eigenvalue weighted by Gasteiger charge is 2.37.